The number of ether oxygens (including phenoxy) is 1. The molecule has 0 fully saturated rings. The topological polar surface area (TPSA) is 84.5 Å². The van der Waals surface area contributed by atoms with Crippen LogP contribution >= 0.6 is 11.6 Å². The van der Waals surface area contributed by atoms with E-state index < -0.39 is 15.9 Å². The van der Waals surface area contributed by atoms with Crippen molar-refractivity contribution in [3.63, 3.8) is 0 Å². The number of amides is 1. The molecular formula is C23H23ClN2O4S. The summed E-state index contributed by atoms with van der Waals surface area (Å²) in [6.07, 6.45) is 0. The molecule has 0 bridgehead atoms. The lowest BCUT2D eigenvalue weighted by atomic mass is 10.1. The van der Waals surface area contributed by atoms with E-state index in [0.717, 1.165) is 11.1 Å². The van der Waals surface area contributed by atoms with Gasteiger partial charge in [0.25, 0.3) is 15.9 Å². The second-order valence-electron chi connectivity index (χ2n) is 7.26. The van der Waals surface area contributed by atoms with Crippen molar-refractivity contribution in [3.05, 3.63) is 82.4 Å². The van der Waals surface area contributed by atoms with Crippen LogP contribution < -0.4 is 14.8 Å². The van der Waals surface area contributed by atoms with E-state index in [9.17, 15) is 13.2 Å². The lowest BCUT2D eigenvalue weighted by Gasteiger charge is -2.13. The number of hydrogen-bond donors (Lipinski definition) is 2. The SMILES string of the molecule is Cc1cc(C)cc(OCC(=O)Nc2ccc(C)c(S(=O)(=O)Nc3cccc(Cl)c3)c2)c1. The number of rotatable bonds is 7. The van der Waals surface area contributed by atoms with Gasteiger partial charge >= 0.3 is 0 Å². The molecule has 0 unspecified atom stereocenters. The fourth-order valence-corrected chi connectivity index (χ4v) is 4.60. The molecule has 0 heterocycles. The minimum absolute atomic E-state index is 0.0560. The quantitative estimate of drug-likeness (QED) is 0.516. The van der Waals surface area contributed by atoms with Gasteiger partial charge in [0.2, 0.25) is 0 Å². The van der Waals surface area contributed by atoms with Gasteiger partial charge in [-0.3, -0.25) is 9.52 Å². The highest BCUT2D eigenvalue weighted by Gasteiger charge is 2.18. The first-order chi connectivity index (χ1) is 14.6. The van der Waals surface area contributed by atoms with E-state index in [1.54, 1.807) is 37.3 Å². The Kier molecular flexibility index (Phi) is 6.87. The standard InChI is InChI=1S/C23H23ClN2O4S/c1-15-9-16(2)11-21(10-15)30-14-23(27)25-19-8-7-17(3)22(13-19)31(28,29)26-20-6-4-5-18(24)12-20/h4-13,26H,14H2,1-3H3,(H,25,27). The lowest BCUT2D eigenvalue weighted by molar-refractivity contribution is -0.118. The van der Waals surface area contributed by atoms with Crippen LogP contribution in [0.4, 0.5) is 11.4 Å². The molecule has 0 saturated heterocycles. The highest BCUT2D eigenvalue weighted by molar-refractivity contribution is 7.92. The maximum atomic E-state index is 12.9. The summed E-state index contributed by atoms with van der Waals surface area (Å²) in [5, 5.41) is 3.10. The summed E-state index contributed by atoms with van der Waals surface area (Å²) in [5.74, 6) is 0.208. The predicted octanol–water partition coefficient (Wildman–Crippen LogP) is 5.08. The van der Waals surface area contributed by atoms with Crippen LogP contribution in [0, 0.1) is 20.8 Å². The van der Waals surface area contributed by atoms with Gasteiger partial charge in [0, 0.05) is 10.7 Å². The number of carbonyl (C=O) groups excluding carboxylic acids is 1. The highest BCUT2D eigenvalue weighted by Crippen LogP contribution is 2.24. The van der Waals surface area contributed by atoms with Crippen molar-refractivity contribution in [1.29, 1.82) is 0 Å². The van der Waals surface area contributed by atoms with Gasteiger partial charge in [-0.1, -0.05) is 29.8 Å². The maximum absolute atomic E-state index is 12.9. The van der Waals surface area contributed by atoms with Crippen molar-refractivity contribution in [2.75, 3.05) is 16.6 Å². The second-order valence-corrected chi connectivity index (χ2v) is 9.34. The first kappa shape index (κ1) is 22.7. The Bertz CT molecular complexity index is 1210. The van der Waals surface area contributed by atoms with E-state index in [2.05, 4.69) is 10.0 Å². The second kappa shape index (κ2) is 9.41. The Labute approximate surface area is 187 Å². The fourth-order valence-electron chi connectivity index (χ4n) is 3.09. The third kappa shape index (κ3) is 6.23. The Balaban J connectivity index is 1.71. The van der Waals surface area contributed by atoms with E-state index in [1.165, 1.54) is 12.1 Å². The zero-order chi connectivity index (χ0) is 22.6. The van der Waals surface area contributed by atoms with Gasteiger partial charge < -0.3 is 10.1 Å². The minimum atomic E-state index is -3.88. The summed E-state index contributed by atoms with van der Waals surface area (Å²) in [6, 6.07) is 16.8. The van der Waals surface area contributed by atoms with Crippen molar-refractivity contribution in [3.8, 4) is 5.75 Å². The predicted molar refractivity (Wildman–Crippen MR) is 123 cm³/mol. The number of halogens is 1. The molecule has 1 amide bonds. The van der Waals surface area contributed by atoms with Crippen molar-refractivity contribution in [2.45, 2.75) is 25.7 Å². The normalized spacial score (nSPS) is 11.1. The van der Waals surface area contributed by atoms with Crippen LogP contribution in [0.25, 0.3) is 0 Å². The molecule has 0 atom stereocenters. The maximum Gasteiger partial charge on any atom is 0.262 e. The van der Waals surface area contributed by atoms with Gasteiger partial charge in [0.1, 0.15) is 5.75 Å². The summed E-state index contributed by atoms with van der Waals surface area (Å²) in [4.78, 5) is 12.4. The number of nitrogens with one attached hydrogen (secondary N) is 2. The molecule has 3 aromatic carbocycles. The minimum Gasteiger partial charge on any atom is -0.484 e. The monoisotopic (exact) mass is 458 g/mol. The third-order valence-corrected chi connectivity index (χ3v) is 6.16. The number of benzene rings is 3. The molecule has 0 saturated carbocycles. The van der Waals surface area contributed by atoms with Gasteiger partial charge in [0.05, 0.1) is 10.6 Å². The zero-order valence-electron chi connectivity index (χ0n) is 17.4. The first-order valence-electron chi connectivity index (χ1n) is 9.52. The number of hydrogen-bond acceptors (Lipinski definition) is 4. The van der Waals surface area contributed by atoms with E-state index in [4.69, 9.17) is 16.3 Å². The average molecular weight is 459 g/mol. The molecule has 0 aromatic heterocycles. The van der Waals surface area contributed by atoms with Crippen LogP contribution in [0.1, 0.15) is 16.7 Å². The van der Waals surface area contributed by atoms with Gasteiger partial charge in [-0.2, -0.15) is 0 Å². The van der Waals surface area contributed by atoms with Crippen LogP contribution in [0.3, 0.4) is 0 Å². The fraction of sp³-hybridized carbons (Fsp3) is 0.174. The van der Waals surface area contributed by atoms with Crippen LogP contribution in [0.5, 0.6) is 5.75 Å². The van der Waals surface area contributed by atoms with Crippen molar-refractivity contribution >= 4 is 38.9 Å². The molecule has 0 aliphatic rings. The number of aryl methyl sites for hydroxylation is 3. The molecular weight excluding hydrogens is 436 g/mol. The van der Waals surface area contributed by atoms with Gasteiger partial charge in [-0.05, 0) is 79.9 Å². The van der Waals surface area contributed by atoms with E-state index >= 15 is 0 Å². The number of carbonyl (C=O) groups is 1. The number of sulfonamides is 1. The zero-order valence-corrected chi connectivity index (χ0v) is 19.0. The lowest BCUT2D eigenvalue weighted by Crippen LogP contribution is -2.21. The van der Waals surface area contributed by atoms with Crippen molar-refractivity contribution < 1.29 is 17.9 Å². The smallest absolute Gasteiger partial charge is 0.262 e. The van der Waals surface area contributed by atoms with Gasteiger partial charge in [0.15, 0.2) is 6.61 Å². The highest BCUT2D eigenvalue weighted by atomic mass is 35.5. The van der Waals surface area contributed by atoms with Crippen molar-refractivity contribution in [2.24, 2.45) is 0 Å². The molecule has 162 valence electrons. The van der Waals surface area contributed by atoms with Crippen LogP contribution in [-0.4, -0.2) is 20.9 Å². The average Bonchev–Trinajstić information content (AvgIpc) is 2.67. The summed E-state index contributed by atoms with van der Waals surface area (Å²) >= 11 is 5.93. The van der Waals surface area contributed by atoms with Crippen LogP contribution in [0.15, 0.2) is 65.6 Å². The summed E-state index contributed by atoms with van der Waals surface area (Å²) in [7, 11) is -3.88. The van der Waals surface area contributed by atoms with E-state index in [-0.39, 0.29) is 11.5 Å². The Morgan fingerprint density at radius 3 is 2.32 bits per heavy atom. The Morgan fingerprint density at radius 1 is 0.935 bits per heavy atom. The molecule has 0 radical (unpaired) electrons. The van der Waals surface area contributed by atoms with Gasteiger partial charge in [-0.15, -0.1) is 0 Å². The van der Waals surface area contributed by atoms with E-state index in [0.29, 0.717) is 27.7 Å². The Hall–Kier alpha value is -3.03. The molecule has 8 heteroatoms. The molecule has 3 aromatic rings. The van der Waals surface area contributed by atoms with E-state index in [1.807, 2.05) is 32.0 Å². The van der Waals surface area contributed by atoms with Gasteiger partial charge in [-0.25, -0.2) is 8.42 Å². The molecule has 0 aliphatic carbocycles. The molecule has 6 nitrogen and oxygen atoms in total. The molecule has 0 spiro atoms. The first-order valence-corrected chi connectivity index (χ1v) is 11.4. The summed E-state index contributed by atoms with van der Waals surface area (Å²) < 4.78 is 33.8. The molecule has 0 aliphatic heterocycles. The molecule has 31 heavy (non-hydrogen) atoms. The molecule has 2 N–H and O–H groups in total. The van der Waals surface area contributed by atoms with Crippen LogP contribution in [-0.2, 0) is 14.8 Å². The summed E-state index contributed by atoms with van der Waals surface area (Å²) in [6.45, 7) is 5.39. The van der Waals surface area contributed by atoms with Crippen molar-refractivity contribution in [1.82, 2.24) is 0 Å². The van der Waals surface area contributed by atoms with Crippen LogP contribution in [0.2, 0.25) is 5.02 Å². The Morgan fingerprint density at radius 2 is 1.65 bits per heavy atom. The third-order valence-electron chi connectivity index (χ3n) is 4.40. The number of anilines is 2. The largest absolute Gasteiger partial charge is 0.484 e. The molecule has 3 rings (SSSR count). The summed E-state index contributed by atoms with van der Waals surface area (Å²) in [5.41, 5.74) is 3.32.